The molecule has 1 fully saturated rings. The second-order valence-corrected chi connectivity index (χ2v) is 4.07. The molecule has 2 N–H and O–H groups in total. The summed E-state index contributed by atoms with van der Waals surface area (Å²) in [7, 11) is 0. The molecule has 2 rings (SSSR count). The molecule has 1 amide bonds. The SMILES string of the molecule is O=C(CCCO)Nc1cccc(C2OCCO2)c1. The Bertz CT molecular complexity index is 402. The minimum Gasteiger partial charge on any atom is -0.396 e. The largest absolute Gasteiger partial charge is 0.396 e. The van der Waals surface area contributed by atoms with E-state index in [0.29, 0.717) is 26.1 Å². The summed E-state index contributed by atoms with van der Waals surface area (Å²) < 4.78 is 10.8. The molecule has 0 aromatic heterocycles. The van der Waals surface area contributed by atoms with Crippen molar-refractivity contribution in [1.29, 1.82) is 0 Å². The number of rotatable bonds is 5. The van der Waals surface area contributed by atoms with Crippen LogP contribution >= 0.6 is 0 Å². The van der Waals surface area contributed by atoms with Gasteiger partial charge in [-0.05, 0) is 18.6 Å². The van der Waals surface area contributed by atoms with Crippen LogP contribution < -0.4 is 5.32 Å². The minimum absolute atomic E-state index is 0.0250. The Kier molecular flexibility index (Phi) is 4.69. The number of anilines is 1. The van der Waals surface area contributed by atoms with Gasteiger partial charge >= 0.3 is 0 Å². The second-order valence-electron chi connectivity index (χ2n) is 4.07. The van der Waals surface area contributed by atoms with Crippen molar-refractivity contribution in [2.24, 2.45) is 0 Å². The first-order valence-electron chi connectivity index (χ1n) is 6.03. The predicted molar refractivity (Wildman–Crippen MR) is 66.0 cm³/mol. The van der Waals surface area contributed by atoms with Gasteiger partial charge in [-0.3, -0.25) is 4.79 Å². The van der Waals surface area contributed by atoms with E-state index in [9.17, 15) is 4.79 Å². The molecular weight excluding hydrogens is 234 g/mol. The van der Waals surface area contributed by atoms with Gasteiger partial charge in [0.25, 0.3) is 0 Å². The van der Waals surface area contributed by atoms with Gasteiger partial charge in [-0.1, -0.05) is 12.1 Å². The summed E-state index contributed by atoms with van der Waals surface area (Å²) in [5.41, 5.74) is 1.61. The Morgan fingerprint density at radius 2 is 2.17 bits per heavy atom. The van der Waals surface area contributed by atoms with Crippen LogP contribution in [0.3, 0.4) is 0 Å². The summed E-state index contributed by atoms with van der Waals surface area (Å²) in [6.45, 7) is 1.22. The van der Waals surface area contributed by atoms with Crippen molar-refractivity contribution >= 4 is 11.6 Å². The standard InChI is InChI=1S/C13H17NO4/c15-6-2-5-12(16)14-11-4-1-3-10(9-11)13-17-7-8-18-13/h1,3-4,9,13,15H,2,5-8H2,(H,14,16). The van der Waals surface area contributed by atoms with Crippen LogP contribution in [-0.2, 0) is 14.3 Å². The molecule has 1 aromatic carbocycles. The summed E-state index contributed by atoms with van der Waals surface area (Å²) in [5.74, 6) is -0.102. The number of ether oxygens (including phenoxy) is 2. The van der Waals surface area contributed by atoms with E-state index in [0.717, 1.165) is 11.3 Å². The van der Waals surface area contributed by atoms with Crippen LogP contribution in [-0.4, -0.2) is 30.8 Å². The zero-order valence-electron chi connectivity index (χ0n) is 10.1. The van der Waals surface area contributed by atoms with E-state index in [-0.39, 0.29) is 18.8 Å². The number of hydrogen-bond donors (Lipinski definition) is 2. The highest BCUT2D eigenvalue weighted by Crippen LogP contribution is 2.25. The number of amides is 1. The van der Waals surface area contributed by atoms with E-state index >= 15 is 0 Å². The molecule has 0 spiro atoms. The topological polar surface area (TPSA) is 67.8 Å². The molecule has 1 aliphatic rings. The van der Waals surface area contributed by atoms with Crippen LogP contribution in [0.4, 0.5) is 5.69 Å². The van der Waals surface area contributed by atoms with Gasteiger partial charge < -0.3 is 19.9 Å². The van der Waals surface area contributed by atoms with Gasteiger partial charge in [0, 0.05) is 24.3 Å². The Morgan fingerprint density at radius 3 is 2.89 bits per heavy atom. The smallest absolute Gasteiger partial charge is 0.224 e. The van der Waals surface area contributed by atoms with E-state index in [1.807, 2.05) is 24.3 Å². The van der Waals surface area contributed by atoms with Crippen LogP contribution in [0.1, 0.15) is 24.7 Å². The fourth-order valence-corrected chi connectivity index (χ4v) is 1.78. The molecule has 0 unspecified atom stereocenters. The normalized spacial score (nSPS) is 15.8. The molecule has 1 aliphatic heterocycles. The third-order valence-electron chi connectivity index (χ3n) is 2.63. The van der Waals surface area contributed by atoms with Crippen LogP contribution in [0.15, 0.2) is 24.3 Å². The lowest BCUT2D eigenvalue weighted by atomic mass is 10.2. The molecule has 0 atom stereocenters. The number of carbonyl (C=O) groups is 1. The highest BCUT2D eigenvalue weighted by Gasteiger charge is 2.18. The lowest BCUT2D eigenvalue weighted by Crippen LogP contribution is -2.12. The molecule has 1 heterocycles. The van der Waals surface area contributed by atoms with Crippen molar-refractivity contribution in [2.45, 2.75) is 19.1 Å². The van der Waals surface area contributed by atoms with Crippen molar-refractivity contribution in [3.63, 3.8) is 0 Å². The number of aliphatic hydroxyl groups is 1. The lowest BCUT2D eigenvalue weighted by Gasteiger charge is -2.11. The van der Waals surface area contributed by atoms with E-state index in [4.69, 9.17) is 14.6 Å². The molecule has 1 aromatic rings. The highest BCUT2D eigenvalue weighted by atomic mass is 16.7. The van der Waals surface area contributed by atoms with E-state index in [2.05, 4.69) is 5.32 Å². The van der Waals surface area contributed by atoms with Crippen molar-refractivity contribution in [2.75, 3.05) is 25.1 Å². The predicted octanol–water partition coefficient (Wildman–Crippen LogP) is 1.44. The van der Waals surface area contributed by atoms with E-state index < -0.39 is 0 Å². The maximum atomic E-state index is 11.5. The molecule has 0 saturated carbocycles. The van der Waals surface area contributed by atoms with Crippen LogP contribution in [0.2, 0.25) is 0 Å². The Labute approximate surface area is 106 Å². The van der Waals surface area contributed by atoms with Gasteiger partial charge in [-0.2, -0.15) is 0 Å². The van der Waals surface area contributed by atoms with Crippen LogP contribution in [0.5, 0.6) is 0 Å². The fraction of sp³-hybridized carbons (Fsp3) is 0.462. The molecular formula is C13H17NO4. The molecule has 5 heteroatoms. The summed E-state index contributed by atoms with van der Waals surface area (Å²) in [5, 5.41) is 11.4. The van der Waals surface area contributed by atoms with Gasteiger partial charge in [-0.15, -0.1) is 0 Å². The zero-order chi connectivity index (χ0) is 12.8. The molecule has 0 aliphatic carbocycles. The van der Waals surface area contributed by atoms with Crippen molar-refractivity contribution in [3.05, 3.63) is 29.8 Å². The summed E-state index contributed by atoms with van der Waals surface area (Å²) in [6.07, 6.45) is 0.455. The monoisotopic (exact) mass is 251 g/mol. The number of nitrogens with one attached hydrogen (secondary N) is 1. The minimum atomic E-state index is -0.334. The van der Waals surface area contributed by atoms with E-state index in [1.54, 1.807) is 0 Å². The Morgan fingerprint density at radius 1 is 1.39 bits per heavy atom. The summed E-state index contributed by atoms with van der Waals surface area (Å²) >= 11 is 0. The van der Waals surface area contributed by atoms with Gasteiger partial charge in [0.05, 0.1) is 13.2 Å². The third-order valence-corrected chi connectivity index (χ3v) is 2.63. The first-order valence-corrected chi connectivity index (χ1v) is 6.03. The van der Waals surface area contributed by atoms with Crippen molar-refractivity contribution in [1.82, 2.24) is 0 Å². The van der Waals surface area contributed by atoms with Gasteiger partial charge in [0.2, 0.25) is 5.91 Å². The second kappa shape index (κ2) is 6.49. The first-order chi connectivity index (χ1) is 8.79. The van der Waals surface area contributed by atoms with Gasteiger partial charge in [0.15, 0.2) is 6.29 Å². The third kappa shape index (κ3) is 3.53. The highest BCUT2D eigenvalue weighted by molar-refractivity contribution is 5.90. The summed E-state index contributed by atoms with van der Waals surface area (Å²) in [4.78, 5) is 11.5. The fourth-order valence-electron chi connectivity index (χ4n) is 1.78. The molecule has 18 heavy (non-hydrogen) atoms. The Balaban J connectivity index is 1.96. The molecule has 1 saturated heterocycles. The number of aliphatic hydroxyl groups excluding tert-OH is 1. The van der Waals surface area contributed by atoms with Gasteiger partial charge in [-0.25, -0.2) is 0 Å². The van der Waals surface area contributed by atoms with E-state index in [1.165, 1.54) is 0 Å². The quantitative estimate of drug-likeness (QED) is 0.831. The first kappa shape index (κ1) is 13.0. The average Bonchev–Trinajstić information content (AvgIpc) is 2.90. The zero-order valence-corrected chi connectivity index (χ0v) is 10.1. The molecule has 0 radical (unpaired) electrons. The van der Waals surface area contributed by atoms with Crippen LogP contribution in [0, 0.1) is 0 Å². The molecule has 98 valence electrons. The van der Waals surface area contributed by atoms with Gasteiger partial charge in [0.1, 0.15) is 0 Å². The summed E-state index contributed by atoms with van der Waals surface area (Å²) in [6, 6.07) is 7.41. The molecule has 5 nitrogen and oxygen atoms in total. The lowest BCUT2D eigenvalue weighted by molar-refractivity contribution is -0.116. The number of carbonyl (C=O) groups excluding carboxylic acids is 1. The van der Waals surface area contributed by atoms with Crippen LogP contribution in [0.25, 0.3) is 0 Å². The Hall–Kier alpha value is -1.43. The number of benzene rings is 1. The average molecular weight is 251 g/mol. The maximum Gasteiger partial charge on any atom is 0.224 e. The van der Waals surface area contributed by atoms with Crippen molar-refractivity contribution < 1.29 is 19.4 Å². The molecule has 0 bridgehead atoms. The van der Waals surface area contributed by atoms with Crippen molar-refractivity contribution in [3.8, 4) is 0 Å². The maximum absolute atomic E-state index is 11.5. The number of hydrogen-bond acceptors (Lipinski definition) is 4.